The topological polar surface area (TPSA) is 42.0 Å². The molecule has 1 aromatic heterocycles. The zero-order chi connectivity index (χ0) is 7.68. The molecule has 2 rings (SSSR count). The Bertz CT molecular complexity index is 260. The van der Waals surface area contributed by atoms with Gasteiger partial charge in [0.25, 0.3) is 0 Å². The van der Waals surface area contributed by atoms with Crippen LogP contribution in [0.3, 0.4) is 0 Å². The molecular weight excluding hydrogens is 140 g/mol. The zero-order valence-corrected chi connectivity index (χ0v) is 5.95. The van der Waals surface area contributed by atoms with Crippen LogP contribution in [0.15, 0.2) is 18.5 Å². The molecule has 0 bridgehead atoms. The van der Waals surface area contributed by atoms with E-state index in [1.165, 1.54) is 5.56 Å². The van der Waals surface area contributed by atoms with Crippen LogP contribution >= 0.6 is 0 Å². The Morgan fingerprint density at radius 3 is 3.36 bits per heavy atom. The van der Waals surface area contributed by atoms with Crippen molar-refractivity contribution in [2.24, 2.45) is 0 Å². The van der Waals surface area contributed by atoms with Gasteiger partial charge in [-0.3, -0.25) is 4.98 Å². The summed E-state index contributed by atoms with van der Waals surface area (Å²) in [5.74, 6) is 0. The molecule has 56 valence electrons. The molecule has 2 heterocycles. The lowest BCUT2D eigenvalue weighted by Crippen LogP contribution is -2.16. The Kier molecular flexibility index (Phi) is 1.35. The molecule has 0 aliphatic carbocycles. The van der Waals surface area contributed by atoms with Crippen LogP contribution in [0.4, 0.5) is 5.69 Å². The van der Waals surface area contributed by atoms with E-state index >= 15 is 0 Å². The highest BCUT2D eigenvalue weighted by molar-refractivity contribution is 5.70. The summed E-state index contributed by atoms with van der Waals surface area (Å²) in [6.07, 6.45) is 5.22. The van der Waals surface area contributed by atoms with E-state index in [-0.39, 0.29) is 6.04 Å². The van der Waals surface area contributed by atoms with E-state index in [1.54, 1.807) is 12.4 Å². The molecule has 0 saturated carbocycles. The molecule has 1 aliphatic heterocycles. The van der Waals surface area contributed by atoms with Crippen LogP contribution in [0.2, 0.25) is 0 Å². The maximum absolute atomic E-state index is 10.4. The predicted molar refractivity (Wildman–Crippen MR) is 41.4 cm³/mol. The van der Waals surface area contributed by atoms with Gasteiger partial charge in [-0.1, -0.05) is 0 Å². The van der Waals surface area contributed by atoms with Crippen molar-refractivity contribution >= 4 is 12.0 Å². The van der Waals surface area contributed by atoms with Gasteiger partial charge in [-0.15, -0.1) is 0 Å². The number of fused-ring (bicyclic) bond motifs is 1. The molecule has 0 radical (unpaired) electrons. The average molecular weight is 148 g/mol. The smallest absolute Gasteiger partial charge is 0.142 e. The van der Waals surface area contributed by atoms with Gasteiger partial charge in [0.2, 0.25) is 0 Å². The number of hydrogen-bond acceptors (Lipinski definition) is 3. The minimum Gasteiger partial charge on any atom is -0.374 e. The van der Waals surface area contributed by atoms with E-state index in [9.17, 15) is 4.79 Å². The molecule has 11 heavy (non-hydrogen) atoms. The Labute approximate surface area is 64.5 Å². The molecule has 0 saturated heterocycles. The molecule has 3 nitrogen and oxygen atoms in total. The van der Waals surface area contributed by atoms with Gasteiger partial charge >= 0.3 is 0 Å². The summed E-state index contributed by atoms with van der Waals surface area (Å²) < 4.78 is 0. The maximum Gasteiger partial charge on any atom is 0.142 e. The van der Waals surface area contributed by atoms with E-state index in [1.807, 2.05) is 6.07 Å². The maximum atomic E-state index is 10.4. The van der Waals surface area contributed by atoms with Gasteiger partial charge < -0.3 is 10.1 Å². The molecule has 0 amide bonds. The van der Waals surface area contributed by atoms with Crippen LogP contribution in [0.5, 0.6) is 0 Å². The van der Waals surface area contributed by atoms with Crippen LogP contribution in [0.1, 0.15) is 5.56 Å². The molecule has 0 spiro atoms. The largest absolute Gasteiger partial charge is 0.374 e. The Balaban J connectivity index is 2.33. The van der Waals surface area contributed by atoms with E-state index in [2.05, 4.69) is 10.3 Å². The normalized spacial score (nSPS) is 20.5. The van der Waals surface area contributed by atoms with Gasteiger partial charge in [-0.2, -0.15) is 0 Å². The number of nitrogens with one attached hydrogen (secondary N) is 1. The molecule has 1 atom stereocenters. The summed E-state index contributed by atoms with van der Waals surface area (Å²) in [4.78, 5) is 14.3. The van der Waals surface area contributed by atoms with Crippen molar-refractivity contribution in [3.8, 4) is 0 Å². The molecule has 0 fully saturated rings. The number of aromatic nitrogens is 1. The Hall–Kier alpha value is -1.38. The van der Waals surface area contributed by atoms with Crippen LogP contribution in [0.25, 0.3) is 0 Å². The summed E-state index contributed by atoms with van der Waals surface area (Å²) in [5, 5.41) is 3.05. The quantitative estimate of drug-likeness (QED) is 0.593. The highest BCUT2D eigenvalue weighted by atomic mass is 16.1. The molecule has 1 unspecified atom stereocenters. The minimum atomic E-state index is -0.0470. The first-order valence-corrected chi connectivity index (χ1v) is 3.55. The fraction of sp³-hybridized carbons (Fsp3) is 0.250. The molecular formula is C8H8N2O. The van der Waals surface area contributed by atoms with Gasteiger partial charge in [0.1, 0.15) is 6.29 Å². The number of nitrogens with zero attached hydrogens (tertiary/aromatic N) is 1. The number of anilines is 1. The zero-order valence-electron chi connectivity index (χ0n) is 5.95. The summed E-state index contributed by atoms with van der Waals surface area (Å²) in [6.45, 7) is 0. The van der Waals surface area contributed by atoms with E-state index in [4.69, 9.17) is 0 Å². The number of carbonyl (C=O) groups is 1. The number of hydrogen-bond donors (Lipinski definition) is 1. The molecule has 3 heteroatoms. The van der Waals surface area contributed by atoms with Crippen molar-refractivity contribution in [3.05, 3.63) is 24.0 Å². The first kappa shape index (κ1) is 6.34. The molecule has 1 aromatic rings. The Morgan fingerprint density at radius 2 is 2.64 bits per heavy atom. The first-order chi connectivity index (χ1) is 5.40. The lowest BCUT2D eigenvalue weighted by Gasteiger charge is -1.98. The number of rotatable bonds is 1. The van der Waals surface area contributed by atoms with Crippen molar-refractivity contribution in [2.45, 2.75) is 12.5 Å². The second-order valence-electron chi connectivity index (χ2n) is 2.62. The third-order valence-corrected chi connectivity index (χ3v) is 1.86. The second kappa shape index (κ2) is 2.34. The minimum absolute atomic E-state index is 0.0470. The van der Waals surface area contributed by atoms with Crippen molar-refractivity contribution in [2.75, 3.05) is 5.32 Å². The van der Waals surface area contributed by atoms with Crippen LogP contribution < -0.4 is 5.32 Å². The van der Waals surface area contributed by atoms with Gasteiger partial charge in [-0.05, 0) is 11.6 Å². The lowest BCUT2D eigenvalue weighted by molar-refractivity contribution is -0.108. The second-order valence-corrected chi connectivity index (χ2v) is 2.62. The van der Waals surface area contributed by atoms with Crippen molar-refractivity contribution < 1.29 is 4.79 Å². The highest BCUT2D eigenvalue weighted by Crippen LogP contribution is 2.22. The Morgan fingerprint density at radius 1 is 1.73 bits per heavy atom. The van der Waals surface area contributed by atoms with E-state index in [0.717, 1.165) is 18.4 Å². The molecule has 0 aromatic carbocycles. The number of pyridine rings is 1. The predicted octanol–water partition coefficient (Wildman–Crippen LogP) is 0.617. The van der Waals surface area contributed by atoms with Crippen molar-refractivity contribution in [1.82, 2.24) is 4.98 Å². The third kappa shape index (κ3) is 0.981. The molecule has 1 aliphatic rings. The van der Waals surface area contributed by atoms with E-state index in [0.29, 0.717) is 0 Å². The summed E-state index contributed by atoms with van der Waals surface area (Å²) in [6, 6.07) is 1.89. The van der Waals surface area contributed by atoms with Gasteiger partial charge in [0.05, 0.1) is 17.9 Å². The fourth-order valence-corrected chi connectivity index (χ4v) is 1.30. The SMILES string of the molecule is O=CC1Cc2ccncc2N1. The highest BCUT2D eigenvalue weighted by Gasteiger charge is 2.18. The first-order valence-electron chi connectivity index (χ1n) is 3.55. The van der Waals surface area contributed by atoms with Gasteiger partial charge in [0.15, 0.2) is 0 Å². The van der Waals surface area contributed by atoms with Crippen LogP contribution in [0, 0.1) is 0 Å². The summed E-state index contributed by atoms with van der Waals surface area (Å²) in [5.41, 5.74) is 2.17. The standard InChI is InChI=1S/C8H8N2O/c11-5-7-3-6-1-2-9-4-8(6)10-7/h1-2,4-5,7,10H,3H2. The van der Waals surface area contributed by atoms with Crippen LogP contribution in [-0.4, -0.2) is 17.3 Å². The lowest BCUT2D eigenvalue weighted by atomic mass is 10.2. The number of aldehydes is 1. The van der Waals surface area contributed by atoms with Gasteiger partial charge in [-0.25, -0.2) is 0 Å². The van der Waals surface area contributed by atoms with E-state index < -0.39 is 0 Å². The summed E-state index contributed by atoms with van der Waals surface area (Å²) in [7, 11) is 0. The van der Waals surface area contributed by atoms with Gasteiger partial charge in [0, 0.05) is 12.6 Å². The van der Waals surface area contributed by atoms with Crippen molar-refractivity contribution in [3.63, 3.8) is 0 Å². The molecule has 1 N–H and O–H groups in total. The average Bonchev–Trinajstić information content (AvgIpc) is 2.46. The number of carbonyl (C=O) groups excluding carboxylic acids is 1. The summed E-state index contributed by atoms with van der Waals surface area (Å²) >= 11 is 0. The third-order valence-electron chi connectivity index (χ3n) is 1.86. The monoisotopic (exact) mass is 148 g/mol. The fourth-order valence-electron chi connectivity index (χ4n) is 1.30. The van der Waals surface area contributed by atoms with Crippen LogP contribution in [-0.2, 0) is 11.2 Å². The van der Waals surface area contributed by atoms with Crippen molar-refractivity contribution in [1.29, 1.82) is 0 Å².